The fourth-order valence-corrected chi connectivity index (χ4v) is 1.42. The number of hydrogen-bond acceptors (Lipinski definition) is 5. The normalized spacial score (nSPS) is 12.2. The fraction of sp³-hybridized carbons (Fsp3) is 0.667. The van der Waals surface area contributed by atoms with Crippen LogP contribution in [0.2, 0.25) is 0 Å². The van der Waals surface area contributed by atoms with E-state index in [9.17, 15) is 17.2 Å². The summed E-state index contributed by atoms with van der Waals surface area (Å²) in [4.78, 5) is 3.54. The van der Waals surface area contributed by atoms with Gasteiger partial charge in [-0.15, -0.1) is 5.10 Å². The minimum atomic E-state index is -3.97. The van der Waals surface area contributed by atoms with Crippen LogP contribution < -0.4 is 0 Å². The number of hydrogen-bond donors (Lipinski definition) is 1. The number of halogens is 3. The summed E-state index contributed by atoms with van der Waals surface area (Å²) in [6.07, 6.45) is -2.39. The number of nitrogens with zero attached hydrogens (tertiary/aromatic N) is 2. The van der Waals surface area contributed by atoms with Crippen LogP contribution in [0.15, 0.2) is 5.16 Å². The van der Waals surface area contributed by atoms with Gasteiger partial charge in [0.05, 0.1) is 6.61 Å². The predicted molar refractivity (Wildman–Crippen MR) is 49.9 cm³/mol. The fourth-order valence-electron chi connectivity index (χ4n) is 0.840. The van der Waals surface area contributed by atoms with Crippen LogP contribution in [0.3, 0.4) is 0 Å². The number of alkyl halides is 2. The van der Waals surface area contributed by atoms with E-state index in [0.29, 0.717) is 0 Å². The second-order valence-electron chi connectivity index (χ2n) is 2.72. The van der Waals surface area contributed by atoms with Crippen molar-refractivity contribution in [3.05, 3.63) is 5.82 Å². The minimum absolute atomic E-state index is 0.0126. The van der Waals surface area contributed by atoms with Gasteiger partial charge in [0.25, 0.3) is 20.6 Å². The smallest absolute Gasteiger partial charge is 0.298 e. The highest BCUT2D eigenvalue weighted by molar-refractivity contribution is 8.13. The summed E-state index contributed by atoms with van der Waals surface area (Å²) in [5.74, 6) is 0.202. The molecule has 0 aromatic carbocycles. The van der Waals surface area contributed by atoms with Crippen molar-refractivity contribution in [1.29, 1.82) is 0 Å². The largest absolute Gasteiger partial charge is 0.375 e. The van der Waals surface area contributed by atoms with E-state index in [-0.39, 0.29) is 18.9 Å². The van der Waals surface area contributed by atoms with E-state index in [1.807, 2.05) is 0 Å². The summed E-state index contributed by atoms with van der Waals surface area (Å²) in [5.41, 5.74) is 0. The van der Waals surface area contributed by atoms with Gasteiger partial charge >= 0.3 is 0 Å². The molecule has 1 N–H and O–H groups in total. The molecule has 0 aliphatic heterocycles. The molecule has 0 unspecified atom stereocenters. The maximum atomic E-state index is 11.7. The van der Waals surface area contributed by atoms with E-state index in [1.54, 1.807) is 0 Å². The second kappa shape index (κ2) is 5.51. The first kappa shape index (κ1) is 13.3. The number of nitrogens with one attached hydrogen (secondary N) is 1. The lowest BCUT2D eigenvalue weighted by atomic mass is 10.4. The zero-order valence-electron chi connectivity index (χ0n) is 7.86. The van der Waals surface area contributed by atoms with Crippen LogP contribution in [0.5, 0.6) is 0 Å². The third kappa shape index (κ3) is 4.37. The van der Waals surface area contributed by atoms with Crippen LogP contribution in [0.4, 0.5) is 8.78 Å². The molecule has 1 aromatic heterocycles. The molecule has 0 radical (unpaired) electrons. The Kier molecular flexibility index (Phi) is 4.56. The standard InChI is InChI=1S/C6H8ClF2N3O3S/c7-16(13,14)6-10-5(11-12-6)1-2-15-3-4(8)9/h4H,1-3H2,(H,10,11,12). The molecule has 0 fully saturated rings. The lowest BCUT2D eigenvalue weighted by Gasteiger charge is -2.00. The number of aromatic nitrogens is 3. The van der Waals surface area contributed by atoms with Crippen LogP contribution in [0.25, 0.3) is 0 Å². The monoisotopic (exact) mass is 275 g/mol. The lowest BCUT2D eigenvalue weighted by molar-refractivity contribution is 0.0183. The summed E-state index contributed by atoms with van der Waals surface area (Å²) in [6.45, 7) is -0.684. The summed E-state index contributed by atoms with van der Waals surface area (Å²) in [6, 6.07) is 0. The molecule has 0 amide bonds. The van der Waals surface area contributed by atoms with E-state index in [2.05, 4.69) is 19.9 Å². The van der Waals surface area contributed by atoms with Crippen molar-refractivity contribution in [2.75, 3.05) is 13.2 Å². The Labute approximate surface area is 94.4 Å². The molecule has 10 heteroatoms. The molecule has 1 heterocycles. The van der Waals surface area contributed by atoms with Crippen molar-refractivity contribution in [3.63, 3.8) is 0 Å². The molecular formula is C6H8ClF2N3O3S. The van der Waals surface area contributed by atoms with Crippen molar-refractivity contribution in [2.24, 2.45) is 0 Å². The maximum Gasteiger partial charge on any atom is 0.298 e. The van der Waals surface area contributed by atoms with Crippen molar-refractivity contribution in [3.8, 4) is 0 Å². The van der Waals surface area contributed by atoms with Gasteiger partial charge in [0.15, 0.2) is 0 Å². The summed E-state index contributed by atoms with van der Waals surface area (Å²) in [7, 11) is 1.00. The Balaban J connectivity index is 2.42. The Morgan fingerprint density at radius 2 is 2.19 bits per heavy atom. The van der Waals surface area contributed by atoms with Crippen LogP contribution >= 0.6 is 10.7 Å². The molecule has 0 aliphatic rings. The molecular weight excluding hydrogens is 268 g/mol. The first-order valence-corrected chi connectivity index (χ1v) is 6.42. The van der Waals surface area contributed by atoms with Crippen molar-refractivity contribution in [1.82, 2.24) is 15.2 Å². The highest BCUT2D eigenvalue weighted by Crippen LogP contribution is 2.08. The Bertz CT molecular complexity index is 436. The molecule has 0 spiro atoms. The van der Waals surface area contributed by atoms with Gasteiger partial charge in [0, 0.05) is 17.1 Å². The lowest BCUT2D eigenvalue weighted by Crippen LogP contribution is -2.07. The maximum absolute atomic E-state index is 11.7. The molecule has 6 nitrogen and oxygen atoms in total. The third-order valence-electron chi connectivity index (χ3n) is 1.46. The number of rotatable bonds is 6. The molecule has 1 rings (SSSR count). The van der Waals surface area contributed by atoms with E-state index >= 15 is 0 Å². The van der Waals surface area contributed by atoms with Gasteiger partial charge in [-0.3, -0.25) is 5.10 Å². The highest BCUT2D eigenvalue weighted by atomic mass is 35.7. The molecule has 1 aromatic rings. The van der Waals surface area contributed by atoms with Gasteiger partial charge in [-0.2, -0.15) is 0 Å². The topological polar surface area (TPSA) is 84.9 Å². The Hall–Kier alpha value is -0.800. The second-order valence-corrected chi connectivity index (χ2v) is 5.18. The zero-order chi connectivity index (χ0) is 12.2. The average Bonchev–Trinajstić information content (AvgIpc) is 2.59. The number of aromatic amines is 1. The van der Waals surface area contributed by atoms with Crippen LogP contribution in [0.1, 0.15) is 5.82 Å². The summed E-state index contributed by atoms with van der Waals surface area (Å²) >= 11 is 0. The van der Waals surface area contributed by atoms with Crippen LogP contribution in [-0.2, 0) is 20.2 Å². The quantitative estimate of drug-likeness (QED) is 0.605. The highest BCUT2D eigenvalue weighted by Gasteiger charge is 2.16. The third-order valence-corrected chi connectivity index (χ3v) is 2.49. The van der Waals surface area contributed by atoms with Gasteiger partial charge in [-0.1, -0.05) is 0 Å². The summed E-state index contributed by atoms with van der Waals surface area (Å²) in [5, 5.41) is 5.11. The molecule has 0 aliphatic carbocycles. The minimum Gasteiger partial charge on any atom is -0.375 e. The molecule has 0 bridgehead atoms. The molecule has 0 saturated carbocycles. The first-order valence-electron chi connectivity index (χ1n) is 4.11. The van der Waals surface area contributed by atoms with Crippen molar-refractivity contribution in [2.45, 2.75) is 18.0 Å². The Morgan fingerprint density at radius 1 is 1.50 bits per heavy atom. The van der Waals surface area contributed by atoms with Crippen molar-refractivity contribution >= 4 is 19.7 Å². The Morgan fingerprint density at radius 3 is 2.69 bits per heavy atom. The molecule has 92 valence electrons. The van der Waals surface area contributed by atoms with E-state index < -0.39 is 27.2 Å². The van der Waals surface area contributed by atoms with E-state index in [1.165, 1.54) is 0 Å². The zero-order valence-corrected chi connectivity index (χ0v) is 9.43. The first-order chi connectivity index (χ1) is 7.39. The van der Waals surface area contributed by atoms with Gasteiger partial charge in [0.1, 0.15) is 12.4 Å². The van der Waals surface area contributed by atoms with Crippen LogP contribution in [0, 0.1) is 0 Å². The van der Waals surface area contributed by atoms with Gasteiger partial charge < -0.3 is 4.74 Å². The van der Waals surface area contributed by atoms with Gasteiger partial charge in [-0.25, -0.2) is 22.2 Å². The molecule has 16 heavy (non-hydrogen) atoms. The van der Waals surface area contributed by atoms with E-state index in [4.69, 9.17) is 10.7 Å². The van der Waals surface area contributed by atoms with Crippen molar-refractivity contribution < 1.29 is 21.9 Å². The molecule has 0 atom stereocenters. The van der Waals surface area contributed by atoms with Gasteiger partial charge in [0.2, 0.25) is 0 Å². The van der Waals surface area contributed by atoms with E-state index in [0.717, 1.165) is 0 Å². The van der Waals surface area contributed by atoms with Gasteiger partial charge in [-0.05, 0) is 0 Å². The SMILES string of the molecule is O=S(=O)(Cl)c1n[nH]c(CCOCC(F)F)n1. The van der Waals surface area contributed by atoms with Crippen LogP contribution in [-0.4, -0.2) is 43.2 Å². The predicted octanol–water partition coefficient (Wildman–Crippen LogP) is 0.556. The summed E-state index contributed by atoms with van der Waals surface area (Å²) < 4.78 is 49.4. The average molecular weight is 276 g/mol. The number of H-pyrrole nitrogens is 1. The molecule has 0 saturated heterocycles. The number of ether oxygens (including phenoxy) is 1.